The van der Waals surface area contributed by atoms with Crippen LogP contribution in [-0.4, -0.2) is 22.3 Å². The van der Waals surface area contributed by atoms with Crippen molar-refractivity contribution in [2.45, 2.75) is 12.2 Å². The molecule has 90 valence electrons. The molecule has 0 fully saturated rings. The van der Waals surface area contributed by atoms with E-state index in [9.17, 15) is 0 Å². The molecule has 0 aliphatic carbocycles. The van der Waals surface area contributed by atoms with Crippen LogP contribution in [0.5, 0.6) is 0 Å². The van der Waals surface area contributed by atoms with E-state index in [1.807, 2.05) is 17.8 Å². The first-order valence-electron chi connectivity index (χ1n) is 5.69. The van der Waals surface area contributed by atoms with E-state index in [4.69, 9.17) is 5.73 Å². The lowest BCUT2D eigenvalue weighted by Crippen LogP contribution is -2.06. The first-order chi connectivity index (χ1) is 8.33. The molecule has 2 aromatic rings. The number of aryl methyl sites for hydroxylation is 1. The largest absolute Gasteiger partial charge is 0.348 e. The Morgan fingerprint density at radius 2 is 2.12 bits per heavy atom. The Labute approximate surface area is 106 Å². The summed E-state index contributed by atoms with van der Waals surface area (Å²) >= 11 is 1.84. The van der Waals surface area contributed by atoms with Gasteiger partial charge in [0.25, 0.3) is 0 Å². The SMILES string of the molecule is Cc1[nH]cnc1C(SCCN)c1ccccc1. The maximum Gasteiger partial charge on any atom is 0.0925 e. The van der Waals surface area contributed by atoms with Gasteiger partial charge < -0.3 is 10.7 Å². The Morgan fingerprint density at radius 3 is 2.71 bits per heavy atom. The Hall–Kier alpha value is -1.26. The van der Waals surface area contributed by atoms with Gasteiger partial charge in [-0.3, -0.25) is 0 Å². The second-order valence-electron chi connectivity index (χ2n) is 3.86. The Bertz CT molecular complexity index is 453. The van der Waals surface area contributed by atoms with E-state index >= 15 is 0 Å². The van der Waals surface area contributed by atoms with Gasteiger partial charge in [-0.15, -0.1) is 11.8 Å². The summed E-state index contributed by atoms with van der Waals surface area (Å²) < 4.78 is 0. The van der Waals surface area contributed by atoms with Crippen LogP contribution in [0.3, 0.4) is 0 Å². The highest BCUT2D eigenvalue weighted by atomic mass is 32.2. The van der Waals surface area contributed by atoms with E-state index in [-0.39, 0.29) is 5.25 Å². The molecule has 17 heavy (non-hydrogen) atoms. The highest BCUT2D eigenvalue weighted by Crippen LogP contribution is 2.35. The summed E-state index contributed by atoms with van der Waals surface area (Å²) in [7, 11) is 0. The summed E-state index contributed by atoms with van der Waals surface area (Å²) in [6.45, 7) is 2.75. The third kappa shape index (κ3) is 2.90. The minimum absolute atomic E-state index is 0.269. The van der Waals surface area contributed by atoms with Gasteiger partial charge in [0.2, 0.25) is 0 Å². The molecule has 0 bridgehead atoms. The van der Waals surface area contributed by atoms with Crippen LogP contribution in [0, 0.1) is 6.92 Å². The minimum atomic E-state index is 0.269. The van der Waals surface area contributed by atoms with E-state index < -0.39 is 0 Å². The second-order valence-corrected chi connectivity index (χ2v) is 5.08. The van der Waals surface area contributed by atoms with Gasteiger partial charge in [0.1, 0.15) is 0 Å². The van der Waals surface area contributed by atoms with Gasteiger partial charge in [0.05, 0.1) is 17.3 Å². The van der Waals surface area contributed by atoms with Gasteiger partial charge in [-0.2, -0.15) is 0 Å². The molecule has 0 amide bonds. The van der Waals surface area contributed by atoms with Crippen molar-refractivity contribution >= 4 is 11.8 Å². The van der Waals surface area contributed by atoms with E-state index in [1.165, 1.54) is 5.56 Å². The Balaban J connectivity index is 2.29. The third-order valence-electron chi connectivity index (χ3n) is 2.62. The maximum absolute atomic E-state index is 5.60. The fourth-order valence-corrected chi connectivity index (χ4v) is 2.90. The summed E-state index contributed by atoms with van der Waals surface area (Å²) in [5.74, 6) is 0.936. The summed E-state index contributed by atoms with van der Waals surface area (Å²) in [6.07, 6.45) is 1.75. The molecule has 0 radical (unpaired) electrons. The molecule has 4 heteroatoms. The third-order valence-corrected chi connectivity index (χ3v) is 3.92. The van der Waals surface area contributed by atoms with Gasteiger partial charge in [-0.25, -0.2) is 4.98 Å². The molecule has 0 saturated heterocycles. The van der Waals surface area contributed by atoms with Crippen LogP contribution in [0.2, 0.25) is 0 Å². The summed E-state index contributed by atoms with van der Waals surface area (Å²) in [5, 5.41) is 0.269. The molecule has 0 aliphatic rings. The van der Waals surface area contributed by atoms with Gasteiger partial charge >= 0.3 is 0 Å². The molecule has 1 atom stereocenters. The molecule has 2 rings (SSSR count). The molecule has 0 spiro atoms. The molecule has 3 nitrogen and oxygen atoms in total. The molecular formula is C13H17N3S. The predicted octanol–water partition coefficient (Wildman–Crippen LogP) is 2.50. The van der Waals surface area contributed by atoms with Crippen molar-refractivity contribution in [3.05, 3.63) is 53.6 Å². The van der Waals surface area contributed by atoms with Crippen LogP contribution in [0.1, 0.15) is 22.2 Å². The zero-order chi connectivity index (χ0) is 12.1. The fourth-order valence-electron chi connectivity index (χ4n) is 1.78. The number of aromatic nitrogens is 2. The normalized spacial score (nSPS) is 12.6. The van der Waals surface area contributed by atoms with Gasteiger partial charge in [0.15, 0.2) is 0 Å². The number of rotatable bonds is 5. The van der Waals surface area contributed by atoms with Gasteiger partial charge in [-0.1, -0.05) is 30.3 Å². The van der Waals surface area contributed by atoms with E-state index in [0.717, 1.165) is 17.1 Å². The summed E-state index contributed by atoms with van der Waals surface area (Å²) in [4.78, 5) is 7.57. The van der Waals surface area contributed by atoms with Crippen LogP contribution >= 0.6 is 11.8 Å². The van der Waals surface area contributed by atoms with Crippen molar-refractivity contribution in [1.29, 1.82) is 0 Å². The average molecular weight is 247 g/mol. The topological polar surface area (TPSA) is 54.7 Å². The Morgan fingerprint density at radius 1 is 1.35 bits per heavy atom. The van der Waals surface area contributed by atoms with E-state index in [2.05, 4.69) is 41.2 Å². The number of nitrogens with one attached hydrogen (secondary N) is 1. The molecule has 1 aromatic heterocycles. The van der Waals surface area contributed by atoms with Gasteiger partial charge in [-0.05, 0) is 12.5 Å². The van der Waals surface area contributed by atoms with Crippen LogP contribution < -0.4 is 5.73 Å². The number of benzene rings is 1. The van der Waals surface area contributed by atoms with Crippen molar-refractivity contribution in [2.24, 2.45) is 5.73 Å². The number of thioether (sulfide) groups is 1. The molecule has 1 aromatic carbocycles. The highest BCUT2D eigenvalue weighted by Gasteiger charge is 2.18. The highest BCUT2D eigenvalue weighted by molar-refractivity contribution is 7.99. The number of hydrogen-bond acceptors (Lipinski definition) is 3. The quantitative estimate of drug-likeness (QED) is 0.853. The number of nitrogens with two attached hydrogens (primary N) is 1. The van der Waals surface area contributed by atoms with E-state index in [0.29, 0.717) is 6.54 Å². The van der Waals surface area contributed by atoms with Crippen LogP contribution in [0.15, 0.2) is 36.7 Å². The molecule has 3 N–H and O–H groups in total. The van der Waals surface area contributed by atoms with Crippen molar-refractivity contribution in [2.75, 3.05) is 12.3 Å². The molecule has 1 unspecified atom stereocenters. The lowest BCUT2D eigenvalue weighted by Gasteiger charge is -2.15. The van der Waals surface area contributed by atoms with E-state index in [1.54, 1.807) is 6.33 Å². The second kappa shape index (κ2) is 5.89. The number of imidazole rings is 1. The van der Waals surface area contributed by atoms with Crippen LogP contribution in [0.25, 0.3) is 0 Å². The lowest BCUT2D eigenvalue weighted by molar-refractivity contribution is 1.04. The zero-order valence-electron chi connectivity index (χ0n) is 9.89. The first kappa shape index (κ1) is 12.2. The Kier molecular flexibility index (Phi) is 4.23. The van der Waals surface area contributed by atoms with Crippen molar-refractivity contribution in [3.63, 3.8) is 0 Å². The van der Waals surface area contributed by atoms with Gasteiger partial charge in [0, 0.05) is 18.0 Å². The number of aromatic amines is 1. The van der Waals surface area contributed by atoms with Crippen molar-refractivity contribution < 1.29 is 0 Å². The average Bonchev–Trinajstić information content (AvgIpc) is 2.78. The molecule has 0 aliphatic heterocycles. The van der Waals surface area contributed by atoms with Crippen molar-refractivity contribution in [3.8, 4) is 0 Å². The smallest absolute Gasteiger partial charge is 0.0925 e. The monoisotopic (exact) mass is 247 g/mol. The fraction of sp³-hybridized carbons (Fsp3) is 0.308. The number of hydrogen-bond donors (Lipinski definition) is 2. The zero-order valence-corrected chi connectivity index (χ0v) is 10.7. The maximum atomic E-state index is 5.60. The predicted molar refractivity (Wildman–Crippen MR) is 73.1 cm³/mol. The molecular weight excluding hydrogens is 230 g/mol. The molecule has 1 heterocycles. The summed E-state index contributed by atoms with van der Waals surface area (Å²) in [5.41, 5.74) is 9.11. The summed E-state index contributed by atoms with van der Waals surface area (Å²) in [6, 6.07) is 10.4. The minimum Gasteiger partial charge on any atom is -0.348 e. The van der Waals surface area contributed by atoms with Crippen LogP contribution in [0.4, 0.5) is 0 Å². The first-order valence-corrected chi connectivity index (χ1v) is 6.74. The van der Waals surface area contributed by atoms with Crippen LogP contribution in [-0.2, 0) is 0 Å². The molecule has 0 saturated carbocycles. The number of H-pyrrole nitrogens is 1. The standard InChI is InChI=1S/C13H17N3S/c1-10-12(16-9-15-10)13(17-8-7-14)11-5-3-2-4-6-11/h2-6,9,13H,7-8,14H2,1H3,(H,15,16). The van der Waals surface area contributed by atoms with Crippen molar-refractivity contribution in [1.82, 2.24) is 9.97 Å². The number of nitrogens with zero attached hydrogens (tertiary/aromatic N) is 1. The lowest BCUT2D eigenvalue weighted by atomic mass is 10.1.